The Morgan fingerprint density at radius 1 is 0.696 bits per heavy atom. The Balaban J connectivity index is 2.23. The summed E-state index contributed by atoms with van der Waals surface area (Å²) in [7, 11) is 3.36. The molecule has 0 unspecified atom stereocenters. The number of fused-ring (bicyclic) bond motifs is 5. The van der Waals surface area contributed by atoms with Gasteiger partial charge in [0.1, 0.15) is 0 Å². The van der Waals surface area contributed by atoms with Crippen molar-refractivity contribution in [3.05, 3.63) is 60.2 Å². The van der Waals surface area contributed by atoms with E-state index in [1.54, 1.807) is 14.2 Å². The Bertz CT molecular complexity index is 1050. The van der Waals surface area contributed by atoms with Gasteiger partial charge in [0, 0.05) is 5.39 Å². The van der Waals surface area contributed by atoms with Crippen molar-refractivity contribution in [1.29, 1.82) is 0 Å². The quantitative estimate of drug-likeness (QED) is 0.457. The molecule has 2 nitrogen and oxygen atoms in total. The van der Waals surface area contributed by atoms with Gasteiger partial charge >= 0.3 is 0 Å². The van der Waals surface area contributed by atoms with Gasteiger partial charge in [-0.15, -0.1) is 0 Å². The summed E-state index contributed by atoms with van der Waals surface area (Å²) in [4.78, 5) is 0. The van der Waals surface area contributed by atoms with Crippen LogP contribution in [0.15, 0.2) is 54.6 Å². The van der Waals surface area contributed by atoms with E-state index in [0.717, 1.165) is 16.9 Å². The van der Waals surface area contributed by atoms with Gasteiger partial charge in [-0.05, 0) is 57.6 Å². The number of ether oxygens (including phenoxy) is 2. The van der Waals surface area contributed by atoms with Gasteiger partial charge in [0.05, 0.1) is 14.2 Å². The van der Waals surface area contributed by atoms with Crippen LogP contribution in [0.4, 0.5) is 0 Å². The van der Waals surface area contributed by atoms with Gasteiger partial charge in [-0.1, -0.05) is 36.4 Å². The molecule has 4 aromatic carbocycles. The summed E-state index contributed by atoms with van der Waals surface area (Å²) in [6, 6.07) is 19.2. The largest absolute Gasteiger partial charge is 0.493 e. The van der Waals surface area contributed by atoms with E-state index in [2.05, 4.69) is 55.5 Å². The van der Waals surface area contributed by atoms with E-state index in [1.807, 2.05) is 6.07 Å². The monoisotopic (exact) mass is 302 g/mol. The maximum absolute atomic E-state index is 5.60. The fourth-order valence-corrected chi connectivity index (χ4v) is 3.55. The second-order valence-corrected chi connectivity index (χ2v) is 5.80. The van der Waals surface area contributed by atoms with Gasteiger partial charge in [-0.2, -0.15) is 0 Å². The van der Waals surface area contributed by atoms with Crippen LogP contribution in [0.25, 0.3) is 32.3 Å². The van der Waals surface area contributed by atoms with Crippen LogP contribution in [0.1, 0.15) is 5.56 Å². The highest BCUT2D eigenvalue weighted by Crippen LogP contribution is 2.41. The number of hydrogen-bond acceptors (Lipinski definition) is 2. The lowest BCUT2D eigenvalue weighted by atomic mass is 9.93. The van der Waals surface area contributed by atoms with E-state index < -0.39 is 0 Å². The zero-order valence-corrected chi connectivity index (χ0v) is 13.5. The van der Waals surface area contributed by atoms with E-state index >= 15 is 0 Å². The molecule has 114 valence electrons. The van der Waals surface area contributed by atoms with Crippen LogP contribution in [0, 0.1) is 6.92 Å². The Morgan fingerprint density at radius 3 is 2.17 bits per heavy atom. The summed E-state index contributed by atoms with van der Waals surface area (Å²) in [5.74, 6) is 1.55. The average molecular weight is 302 g/mol. The Hall–Kier alpha value is -2.74. The Kier molecular flexibility index (Phi) is 3.12. The summed E-state index contributed by atoms with van der Waals surface area (Å²) in [6.07, 6.45) is 0. The molecule has 2 heteroatoms. The fraction of sp³-hybridized carbons (Fsp3) is 0.143. The second-order valence-electron chi connectivity index (χ2n) is 5.80. The SMILES string of the molecule is COc1ccc2c(ccc3c4ccccc4cc(C)c23)c1OC. The van der Waals surface area contributed by atoms with Crippen molar-refractivity contribution in [2.45, 2.75) is 6.92 Å². The van der Waals surface area contributed by atoms with Crippen LogP contribution in [0.5, 0.6) is 11.5 Å². The molecule has 0 aromatic heterocycles. The lowest BCUT2D eigenvalue weighted by Gasteiger charge is -2.14. The van der Waals surface area contributed by atoms with E-state index in [0.29, 0.717) is 0 Å². The standard InChI is InChI=1S/C21H18O2/c1-13-12-14-6-4-5-7-15(14)16-8-9-18-17(20(13)16)10-11-19(22-2)21(18)23-3/h4-12H,1-3H3. The molecule has 0 amide bonds. The topological polar surface area (TPSA) is 18.5 Å². The molecule has 0 aliphatic carbocycles. The van der Waals surface area contributed by atoms with Gasteiger partial charge in [0.2, 0.25) is 0 Å². The molecule has 0 heterocycles. The summed E-state index contributed by atoms with van der Waals surface area (Å²) in [6.45, 7) is 2.17. The van der Waals surface area contributed by atoms with Gasteiger partial charge in [0.25, 0.3) is 0 Å². The molecular formula is C21H18O2. The van der Waals surface area contributed by atoms with Crippen molar-refractivity contribution in [3.8, 4) is 11.5 Å². The van der Waals surface area contributed by atoms with Crippen molar-refractivity contribution >= 4 is 32.3 Å². The summed E-state index contributed by atoms with van der Waals surface area (Å²) >= 11 is 0. The van der Waals surface area contributed by atoms with E-state index in [-0.39, 0.29) is 0 Å². The zero-order valence-electron chi connectivity index (χ0n) is 13.5. The van der Waals surface area contributed by atoms with Gasteiger partial charge in [-0.3, -0.25) is 0 Å². The van der Waals surface area contributed by atoms with Crippen LogP contribution in [0.3, 0.4) is 0 Å². The molecule has 0 radical (unpaired) electrons. The third-order valence-electron chi connectivity index (χ3n) is 4.56. The molecule has 0 aliphatic heterocycles. The first kappa shape index (κ1) is 13.9. The minimum atomic E-state index is 0.762. The molecule has 0 aliphatic rings. The smallest absolute Gasteiger partial charge is 0.168 e. The maximum Gasteiger partial charge on any atom is 0.168 e. The molecule has 0 spiro atoms. The minimum absolute atomic E-state index is 0.762. The zero-order chi connectivity index (χ0) is 16.0. The highest BCUT2D eigenvalue weighted by Gasteiger charge is 2.13. The first-order valence-corrected chi connectivity index (χ1v) is 7.70. The van der Waals surface area contributed by atoms with E-state index in [4.69, 9.17) is 9.47 Å². The van der Waals surface area contributed by atoms with Crippen molar-refractivity contribution in [1.82, 2.24) is 0 Å². The number of rotatable bonds is 2. The van der Waals surface area contributed by atoms with Crippen molar-refractivity contribution in [3.63, 3.8) is 0 Å². The maximum atomic E-state index is 5.60. The van der Waals surface area contributed by atoms with Crippen molar-refractivity contribution < 1.29 is 9.47 Å². The molecule has 0 bridgehead atoms. The number of methoxy groups -OCH3 is 2. The normalized spacial score (nSPS) is 11.3. The number of benzene rings is 4. The highest BCUT2D eigenvalue weighted by atomic mass is 16.5. The van der Waals surface area contributed by atoms with Crippen LogP contribution in [-0.4, -0.2) is 14.2 Å². The molecule has 0 saturated carbocycles. The van der Waals surface area contributed by atoms with Gasteiger partial charge in [-0.25, -0.2) is 0 Å². The van der Waals surface area contributed by atoms with E-state index in [9.17, 15) is 0 Å². The summed E-state index contributed by atoms with van der Waals surface area (Å²) < 4.78 is 11.0. The Labute approximate surface area is 135 Å². The van der Waals surface area contributed by atoms with Crippen LogP contribution >= 0.6 is 0 Å². The predicted octanol–water partition coefficient (Wildman–Crippen LogP) is 5.47. The van der Waals surface area contributed by atoms with Gasteiger partial charge in [0.15, 0.2) is 11.5 Å². The van der Waals surface area contributed by atoms with Crippen molar-refractivity contribution in [2.75, 3.05) is 14.2 Å². The average Bonchev–Trinajstić information content (AvgIpc) is 2.60. The lowest BCUT2D eigenvalue weighted by Crippen LogP contribution is -1.92. The van der Waals surface area contributed by atoms with Crippen LogP contribution in [0.2, 0.25) is 0 Å². The predicted molar refractivity (Wildman–Crippen MR) is 96.8 cm³/mol. The third kappa shape index (κ3) is 1.95. The lowest BCUT2D eigenvalue weighted by molar-refractivity contribution is 0.358. The molecule has 0 saturated heterocycles. The summed E-state index contributed by atoms with van der Waals surface area (Å²) in [5.41, 5.74) is 1.27. The van der Waals surface area contributed by atoms with E-state index in [1.165, 1.54) is 32.5 Å². The van der Waals surface area contributed by atoms with Crippen LogP contribution in [-0.2, 0) is 0 Å². The first-order chi connectivity index (χ1) is 11.2. The molecule has 0 atom stereocenters. The second kappa shape index (κ2) is 5.17. The highest BCUT2D eigenvalue weighted by molar-refractivity contribution is 6.19. The minimum Gasteiger partial charge on any atom is -0.493 e. The molecular weight excluding hydrogens is 284 g/mol. The third-order valence-corrected chi connectivity index (χ3v) is 4.56. The van der Waals surface area contributed by atoms with Crippen LogP contribution < -0.4 is 9.47 Å². The molecule has 4 rings (SSSR count). The van der Waals surface area contributed by atoms with Crippen molar-refractivity contribution in [2.24, 2.45) is 0 Å². The van der Waals surface area contributed by atoms with Gasteiger partial charge < -0.3 is 9.47 Å². The number of hydrogen-bond donors (Lipinski definition) is 0. The molecule has 23 heavy (non-hydrogen) atoms. The fourth-order valence-electron chi connectivity index (χ4n) is 3.55. The molecule has 4 aromatic rings. The molecule has 0 N–H and O–H groups in total. The number of aryl methyl sites for hydroxylation is 1. The Morgan fingerprint density at radius 2 is 1.39 bits per heavy atom. The molecule has 0 fully saturated rings. The summed E-state index contributed by atoms with van der Waals surface area (Å²) in [5, 5.41) is 7.39. The first-order valence-electron chi connectivity index (χ1n) is 7.70.